The normalized spacial score (nSPS) is 34.1. The Labute approximate surface area is 135 Å². The van der Waals surface area contributed by atoms with E-state index in [0.29, 0.717) is 12.8 Å². The average Bonchev–Trinajstić information content (AvgIpc) is 2.56. The van der Waals surface area contributed by atoms with Crippen LogP contribution in [-0.4, -0.2) is 87.8 Å². The molecule has 0 radical (unpaired) electrons. The third kappa shape index (κ3) is 5.47. The molecule has 0 bridgehead atoms. The van der Waals surface area contributed by atoms with Crippen LogP contribution in [0.2, 0.25) is 0 Å². The molecule has 8 heteroatoms. The van der Waals surface area contributed by atoms with Crippen molar-refractivity contribution in [3.8, 4) is 0 Å². The Kier molecular flexibility index (Phi) is 9.18. The van der Waals surface area contributed by atoms with Crippen molar-refractivity contribution < 1.29 is 40.1 Å². The Morgan fingerprint density at radius 1 is 1.04 bits per heavy atom. The maximum Gasteiger partial charge on any atom is 0.186 e. The van der Waals surface area contributed by atoms with E-state index in [1.54, 1.807) is 6.08 Å². The van der Waals surface area contributed by atoms with Crippen LogP contribution in [0.3, 0.4) is 0 Å². The van der Waals surface area contributed by atoms with Crippen LogP contribution in [0.4, 0.5) is 0 Å². The Hall–Kier alpha value is -0.580. The van der Waals surface area contributed by atoms with Gasteiger partial charge in [-0.15, -0.1) is 6.58 Å². The monoisotopic (exact) mass is 336 g/mol. The predicted molar refractivity (Wildman–Crippen MR) is 80.3 cm³/mol. The highest BCUT2D eigenvalue weighted by Crippen LogP contribution is 2.24. The second-order valence-corrected chi connectivity index (χ2v) is 5.71. The van der Waals surface area contributed by atoms with E-state index < -0.39 is 37.3 Å². The van der Waals surface area contributed by atoms with Crippen LogP contribution in [0.25, 0.3) is 0 Å². The van der Waals surface area contributed by atoms with Crippen molar-refractivity contribution in [2.24, 2.45) is 11.8 Å². The number of aliphatic hydroxyl groups excluding tert-OH is 6. The van der Waals surface area contributed by atoms with Gasteiger partial charge in [-0.25, -0.2) is 0 Å². The van der Waals surface area contributed by atoms with E-state index in [1.165, 1.54) is 0 Å². The molecule has 1 rings (SSSR count). The second kappa shape index (κ2) is 10.3. The third-order valence-electron chi connectivity index (χ3n) is 4.24. The van der Waals surface area contributed by atoms with Gasteiger partial charge in [-0.1, -0.05) is 6.08 Å². The van der Waals surface area contributed by atoms with Crippen molar-refractivity contribution in [1.82, 2.24) is 0 Å². The van der Waals surface area contributed by atoms with Gasteiger partial charge in [0.1, 0.15) is 24.4 Å². The predicted octanol–water partition coefficient (Wildman–Crippen LogP) is -2.01. The van der Waals surface area contributed by atoms with Crippen molar-refractivity contribution >= 4 is 0 Å². The first-order chi connectivity index (χ1) is 11.0. The van der Waals surface area contributed by atoms with Crippen molar-refractivity contribution in [3.05, 3.63) is 12.7 Å². The summed E-state index contributed by atoms with van der Waals surface area (Å²) in [6, 6.07) is 0. The number of ether oxygens (including phenoxy) is 2. The van der Waals surface area contributed by atoms with E-state index in [2.05, 4.69) is 6.58 Å². The highest BCUT2D eigenvalue weighted by atomic mass is 16.7. The second-order valence-electron chi connectivity index (χ2n) is 5.71. The lowest BCUT2D eigenvalue weighted by Crippen LogP contribution is -2.59. The lowest BCUT2D eigenvalue weighted by Gasteiger charge is -2.39. The molecular weight excluding hydrogens is 308 g/mol. The van der Waals surface area contributed by atoms with Gasteiger partial charge in [-0.3, -0.25) is 0 Å². The molecular formula is C15H28O8. The van der Waals surface area contributed by atoms with Crippen LogP contribution < -0.4 is 0 Å². The summed E-state index contributed by atoms with van der Waals surface area (Å²) in [5, 5.41) is 56.7. The maximum absolute atomic E-state index is 9.85. The molecule has 0 spiro atoms. The summed E-state index contributed by atoms with van der Waals surface area (Å²) in [5.41, 5.74) is 0. The summed E-state index contributed by atoms with van der Waals surface area (Å²) in [6.07, 6.45) is -3.94. The number of rotatable bonds is 10. The zero-order valence-electron chi connectivity index (χ0n) is 13.1. The van der Waals surface area contributed by atoms with Crippen molar-refractivity contribution in [1.29, 1.82) is 0 Å². The molecule has 1 saturated heterocycles. The van der Waals surface area contributed by atoms with E-state index in [9.17, 15) is 20.4 Å². The first-order valence-corrected chi connectivity index (χ1v) is 7.76. The van der Waals surface area contributed by atoms with Gasteiger partial charge in [0.25, 0.3) is 0 Å². The molecule has 0 saturated carbocycles. The SMILES string of the molecule is C=C[C@H](CO)[C@@H](CCO)CCO[C@@H]1O[C@H](CO)[C@@H](O)[C@H](O)[C@H]1O. The molecule has 0 unspecified atom stereocenters. The largest absolute Gasteiger partial charge is 0.396 e. The van der Waals surface area contributed by atoms with Gasteiger partial charge in [0.15, 0.2) is 6.29 Å². The van der Waals surface area contributed by atoms with Crippen molar-refractivity contribution in [2.75, 3.05) is 26.4 Å². The van der Waals surface area contributed by atoms with Crippen LogP contribution in [-0.2, 0) is 9.47 Å². The molecule has 1 aliphatic heterocycles. The standard InChI is InChI=1S/C15H28O8/c1-2-9(7-17)10(3-5-16)4-6-22-15-14(21)13(20)12(19)11(8-18)23-15/h2,9-21H,1,3-8H2/t9-,10+,11-,12-,13+,14-,15-/m1/s1. The van der Waals surface area contributed by atoms with Crippen LogP contribution in [0.5, 0.6) is 0 Å². The van der Waals surface area contributed by atoms with Crippen LogP contribution in [0.1, 0.15) is 12.8 Å². The minimum absolute atomic E-state index is 0.0327. The summed E-state index contributed by atoms with van der Waals surface area (Å²) in [7, 11) is 0. The fraction of sp³-hybridized carbons (Fsp3) is 0.867. The van der Waals surface area contributed by atoms with Crippen LogP contribution >= 0.6 is 0 Å². The first kappa shape index (κ1) is 20.5. The van der Waals surface area contributed by atoms with Crippen LogP contribution in [0, 0.1) is 11.8 Å². The topological polar surface area (TPSA) is 140 Å². The van der Waals surface area contributed by atoms with Gasteiger partial charge in [-0.05, 0) is 18.8 Å². The van der Waals surface area contributed by atoms with Crippen molar-refractivity contribution in [3.63, 3.8) is 0 Å². The molecule has 0 aromatic carbocycles. The number of hydrogen-bond donors (Lipinski definition) is 6. The number of hydrogen-bond acceptors (Lipinski definition) is 8. The van der Waals surface area contributed by atoms with Gasteiger partial charge in [-0.2, -0.15) is 0 Å². The van der Waals surface area contributed by atoms with Crippen molar-refractivity contribution in [2.45, 2.75) is 43.5 Å². The van der Waals surface area contributed by atoms with Gasteiger partial charge in [0, 0.05) is 19.1 Å². The third-order valence-corrected chi connectivity index (χ3v) is 4.24. The minimum Gasteiger partial charge on any atom is -0.396 e. The molecule has 0 aromatic heterocycles. The van der Waals surface area contributed by atoms with Crippen LogP contribution in [0.15, 0.2) is 12.7 Å². The summed E-state index contributed by atoms with van der Waals surface area (Å²) in [6.45, 7) is 3.16. The molecule has 23 heavy (non-hydrogen) atoms. The minimum atomic E-state index is -1.47. The molecule has 1 aliphatic rings. The van der Waals surface area contributed by atoms with E-state index in [0.717, 1.165) is 0 Å². The molecule has 0 aliphatic carbocycles. The quantitative estimate of drug-likeness (QED) is 0.251. The Balaban J connectivity index is 2.53. The Morgan fingerprint density at radius 2 is 1.74 bits per heavy atom. The summed E-state index contributed by atoms with van der Waals surface area (Å²) in [4.78, 5) is 0. The molecule has 6 N–H and O–H groups in total. The van der Waals surface area contributed by atoms with E-state index >= 15 is 0 Å². The van der Waals surface area contributed by atoms with E-state index in [-0.39, 0.29) is 31.7 Å². The van der Waals surface area contributed by atoms with Gasteiger partial charge in [0.05, 0.1) is 13.2 Å². The zero-order valence-corrected chi connectivity index (χ0v) is 13.1. The molecule has 8 nitrogen and oxygen atoms in total. The molecule has 1 fully saturated rings. The summed E-state index contributed by atoms with van der Waals surface area (Å²) in [5.74, 6) is -0.229. The van der Waals surface area contributed by atoms with E-state index in [1.807, 2.05) is 0 Å². The summed E-state index contributed by atoms with van der Waals surface area (Å²) >= 11 is 0. The lowest BCUT2D eigenvalue weighted by molar-refractivity contribution is -0.301. The summed E-state index contributed by atoms with van der Waals surface area (Å²) < 4.78 is 10.6. The molecule has 1 heterocycles. The highest BCUT2D eigenvalue weighted by molar-refractivity contribution is 4.89. The van der Waals surface area contributed by atoms with Gasteiger partial charge in [0.2, 0.25) is 0 Å². The molecule has 7 atom stereocenters. The fourth-order valence-corrected chi connectivity index (χ4v) is 2.70. The number of aliphatic hydroxyl groups is 6. The van der Waals surface area contributed by atoms with E-state index in [4.69, 9.17) is 19.7 Å². The van der Waals surface area contributed by atoms with Gasteiger partial charge < -0.3 is 40.1 Å². The average molecular weight is 336 g/mol. The fourth-order valence-electron chi connectivity index (χ4n) is 2.70. The molecule has 136 valence electrons. The Morgan fingerprint density at radius 3 is 2.26 bits per heavy atom. The zero-order chi connectivity index (χ0) is 17.4. The smallest absolute Gasteiger partial charge is 0.186 e. The van der Waals surface area contributed by atoms with Gasteiger partial charge >= 0.3 is 0 Å². The lowest BCUT2D eigenvalue weighted by atomic mass is 9.88. The molecule has 0 amide bonds. The highest BCUT2D eigenvalue weighted by Gasteiger charge is 2.44. The maximum atomic E-state index is 9.85. The molecule has 0 aromatic rings. The first-order valence-electron chi connectivity index (χ1n) is 7.76. The Bertz CT molecular complexity index is 337.